The molecule has 2 aromatic heterocycles. The highest BCUT2D eigenvalue weighted by molar-refractivity contribution is 7.89. The molecule has 5 rings (SSSR count). The van der Waals surface area contributed by atoms with E-state index >= 15 is 0 Å². The van der Waals surface area contributed by atoms with Crippen molar-refractivity contribution in [2.24, 2.45) is 0 Å². The quantitative estimate of drug-likeness (QED) is 0.225. The first-order valence-electron chi connectivity index (χ1n) is 13.1. The zero-order chi connectivity index (χ0) is 31.5. The third-order valence-corrected chi connectivity index (χ3v) is 8.45. The SMILES string of the molecule is CNc1nc(-c2ccccc2F)cn2c(-c3cc(S(=O)(=O)N[C@H]4CC[C@H](O)CC4)ccc3C)cnc12.O=C(O)C(F)(F)F. The molecule has 1 saturated carbocycles. The number of sulfonamides is 1. The Balaban J connectivity index is 0.000000541. The largest absolute Gasteiger partial charge is 0.490 e. The lowest BCUT2D eigenvalue weighted by atomic mass is 9.94. The molecule has 2 aromatic carbocycles. The van der Waals surface area contributed by atoms with Gasteiger partial charge in [0.25, 0.3) is 0 Å². The van der Waals surface area contributed by atoms with E-state index in [-0.39, 0.29) is 17.0 Å². The van der Waals surface area contributed by atoms with Gasteiger partial charge >= 0.3 is 12.1 Å². The molecule has 0 unspecified atom stereocenters. The van der Waals surface area contributed by atoms with Gasteiger partial charge in [0.15, 0.2) is 11.5 Å². The Bertz CT molecular complexity index is 1740. The van der Waals surface area contributed by atoms with Crippen molar-refractivity contribution < 1.29 is 41.0 Å². The van der Waals surface area contributed by atoms with Crippen LogP contribution in [0.5, 0.6) is 0 Å². The van der Waals surface area contributed by atoms with Gasteiger partial charge in [0.05, 0.1) is 28.6 Å². The van der Waals surface area contributed by atoms with Crippen LogP contribution in [-0.4, -0.2) is 64.3 Å². The van der Waals surface area contributed by atoms with Crippen LogP contribution in [-0.2, 0) is 14.8 Å². The molecule has 0 radical (unpaired) electrons. The summed E-state index contributed by atoms with van der Waals surface area (Å²) in [6, 6.07) is 11.2. The molecule has 0 aliphatic heterocycles. The fourth-order valence-corrected chi connectivity index (χ4v) is 6.01. The summed E-state index contributed by atoms with van der Waals surface area (Å²) < 4.78 is 77.3. The lowest BCUT2D eigenvalue weighted by molar-refractivity contribution is -0.192. The van der Waals surface area contributed by atoms with Crippen molar-refractivity contribution in [1.29, 1.82) is 0 Å². The topological polar surface area (TPSA) is 146 Å². The highest BCUT2D eigenvalue weighted by Gasteiger charge is 2.38. The van der Waals surface area contributed by atoms with E-state index in [0.29, 0.717) is 59.7 Å². The summed E-state index contributed by atoms with van der Waals surface area (Å²) in [6.45, 7) is 1.90. The fraction of sp³-hybridized carbons (Fsp3) is 0.321. The predicted molar refractivity (Wildman–Crippen MR) is 150 cm³/mol. The number of carboxylic acid groups (broad SMARTS) is 1. The Labute approximate surface area is 244 Å². The molecule has 15 heteroatoms. The van der Waals surface area contributed by atoms with Gasteiger partial charge in [-0.25, -0.2) is 32.3 Å². The first-order valence-corrected chi connectivity index (χ1v) is 14.6. The van der Waals surface area contributed by atoms with Crippen molar-refractivity contribution in [3.63, 3.8) is 0 Å². The van der Waals surface area contributed by atoms with Gasteiger partial charge in [-0.05, 0) is 62.4 Å². The first-order chi connectivity index (χ1) is 20.2. The molecule has 4 N–H and O–H groups in total. The van der Waals surface area contributed by atoms with Crippen LogP contribution < -0.4 is 10.0 Å². The van der Waals surface area contributed by atoms with Crippen LogP contribution in [0.2, 0.25) is 0 Å². The fourth-order valence-electron chi connectivity index (χ4n) is 4.68. The minimum absolute atomic E-state index is 0.154. The number of aromatic nitrogens is 3. The summed E-state index contributed by atoms with van der Waals surface area (Å²) in [6.07, 6.45) is 0.301. The monoisotopic (exact) mass is 623 g/mol. The summed E-state index contributed by atoms with van der Waals surface area (Å²) in [4.78, 5) is 18.1. The number of imidazole rings is 1. The molecule has 10 nitrogen and oxygen atoms in total. The van der Waals surface area contributed by atoms with Gasteiger partial charge in [-0.3, -0.25) is 4.40 Å². The molecule has 4 aromatic rings. The molecule has 0 saturated heterocycles. The number of hydrogen-bond donors (Lipinski definition) is 4. The number of aliphatic hydroxyl groups excluding tert-OH is 1. The van der Waals surface area contributed by atoms with E-state index in [1.165, 1.54) is 6.07 Å². The van der Waals surface area contributed by atoms with Crippen molar-refractivity contribution in [2.75, 3.05) is 12.4 Å². The second-order valence-electron chi connectivity index (χ2n) is 9.95. The van der Waals surface area contributed by atoms with Gasteiger partial charge < -0.3 is 15.5 Å². The third kappa shape index (κ3) is 7.29. The summed E-state index contributed by atoms with van der Waals surface area (Å²) in [7, 11) is -2.05. The van der Waals surface area contributed by atoms with E-state index in [4.69, 9.17) is 9.90 Å². The zero-order valence-electron chi connectivity index (χ0n) is 23.1. The van der Waals surface area contributed by atoms with Crippen molar-refractivity contribution in [1.82, 2.24) is 19.1 Å². The molecule has 0 amide bonds. The van der Waals surface area contributed by atoms with Crippen LogP contribution in [0.25, 0.3) is 28.2 Å². The Hall–Kier alpha value is -4.08. The van der Waals surface area contributed by atoms with Crippen LogP contribution >= 0.6 is 0 Å². The minimum Gasteiger partial charge on any atom is -0.475 e. The molecule has 0 spiro atoms. The average Bonchev–Trinajstić information content (AvgIpc) is 3.38. The van der Waals surface area contributed by atoms with Crippen LogP contribution in [0.4, 0.5) is 23.4 Å². The van der Waals surface area contributed by atoms with Gasteiger partial charge in [0.2, 0.25) is 10.0 Å². The lowest BCUT2D eigenvalue weighted by Crippen LogP contribution is -2.38. The van der Waals surface area contributed by atoms with Crippen molar-refractivity contribution in [3.05, 3.63) is 66.2 Å². The van der Waals surface area contributed by atoms with E-state index in [1.807, 2.05) is 6.92 Å². The summed E-state index contributed by atoms with van der Waals surface area (Å²) in [5, 5.41) is 19.9. The van der Waals surface area contributed by atoms with Crippen LogP contribution in [0.3, 0.4) is 0 Å². The number of halogens is 4. The second kappa shape index (κ2) is 12.7. The van der Waals surface area contributed by atoms with Crippen LogP contribution in [0.15, 0.2) is 59.8 Å². The number of aliphatic hydroxyl groups is 1. The normalized spacial score (nSPS) is 17.3. The number of aryl methyl sites for hydroxylation is 1. The van der Waals surface area contributed by atoms with Crippen molar-refractivity contribution in [3.8, 4) is 22.5 Å². The number of carboxylic acids is 1. The van der Waals surface area contributed by atoms with E-state index < -0.39 is 28.0 Å². The van der Waals surface area contributed by atoms with Gasteiger partial charge in [-0.1, -0.05) is 18.2 Å². The molecule has 1 aliphatic rings. The van der Waals surface area contributed by atoms with Gasteiger partial charge in [0, 0.05) is 30.4 Å². The molecular formula is C28H29F4N5O5S. The van der Waals surface area contributed by atoms with Crippen molar-refractivity contribution >= 4 is 27.5 Å². The van der Waals surface area contributed by atoms with Gasteiger partial charge in [-0.15, -0.1) is 0 Å². The van der Waals surface area contributed by atoms with E-state index in [9.17, 15) is 31.1 Å². The third-order valence-electron chi connectivity index (χ3n) is 6.94. The summed E-state index contributed by atoms with van der Waals surface area (Å²) >= 11 is 0. The van der Waals surface area contributed by atoms with Gasteiger partial charge in [0.1, 0.15) is 5.82 Å². The van der Waals surface area contributed by atoms with E-state index in [2.05, 4.69) is 20.0 Å². The summed E-state index contributed by atoms with van der Waals surface area (Å²) in [5.41, 5.74) is 3.54. The molecule has 1 aliphatic carbocycles. The maximum Gasteiger partial charge on any atom is 0.490 e. The number of anilines is 1. The Morgan fingerprint density at radius 1 is 1.07 bits per heavy atom. The zero-order valence-corrected chi connectivity index (χ0v) is 23.9. The highest BCUT2D eigenvalue weighted by Crippen LogP contribution is 2.32. The standard InChI is InChI=1S/C26H28FN5O3S.C2HF3O2/c1-16-7-12-19(36(34,35)31-17-8-10-18(33)11-9-17)13-21(16)24-14-29-26-25(28-2)30-23(15-32(24)26)20-5-3-4-6-22(20)27;3-2(4,5)1(6)7/h3-7,12-15,17-18,31,33H,8-11H2,1-2H3,(H,28,30);(H,6,7)/t17-,18-;. The predicted octanol–water partition coefficient (Wildman–Crippen LogP) is 4.77. The number of hydrogen-bond acceptors (Lipinski definition) is 7. The number of nitrogens with zero attached hydrogens (tertiary/aromatic N) is 3. The van der Waals surface area contributed by atoms with Crippen LogP contribution in [0.1, 0.15) is 31.2 Å². The molecule has 43 heavy (non-hydrogen) atoms. The van der Waals surface area contributed by atoms with E-state index in [1.54, 1.807) is 60.2 Å². The number of benzene rings is 2. The maximum atomic E-state index is 14.5. The number of nitrogens with one attached hydrogen (secondary N) is 2. The van der Waals surface area contributed by atoms with Crippen LogP contribution in [0, 0.1) is 12.7 Å². The minimum atomic E-state index is -5.08. The average molecular weight is 624 g/mol. The molecule has 0 bridgehead atoms. The second-order valence-corrected chi connectivity index (χ2v) is 11.7. The number of fused-ring (bicyclic) bond motifs is 1. The lowest BCUT2D eigenvalue weighted by Gasteiger charge is -2.26. The Kier molecular flexibility index (Phi) is 9.37. The molecular weight excluding hydrogens is 594 g/mol. The Morgan fingerprint density at radius 2 is 1.72 bits per heavy atom. The molecule has 230 valence electrons. The van der Waals surface area contributed by atoms with E-state index in [0.717, 1.165) is 5.56 Å². The number of alkyl halides is 3. The number of carbonyl (C=O) groups is 1. The van der Waals surface area contributed by atoms with Crippen molar-refractivity contribution in [2.45, 2.75) is 55.8 Å². The number of rotatable bonds is 6. The number of aliphatic carboxylic acids is 1. The smallest absolute Gasteiger partial charge is 0.475 e. The molecule has 0 atom stereocenters. The molecule has 1 fully saturated rings. The summed E-state index contributed by atoms with van der Waals surface area (Å²) in [5.74, 6) is -2.67. The Morgan fingerprint density at radius 3 is 2.33 bits per heavy atom. The maximum absolute atomic E-state index is 14.5. The van der Waals surface area contributed by atoms with Gasteiger partial charge in [-0.2, -0.15) is 13.2 Å². The molecule has 2 heterocycles. The highest BCUT2D eigenvalue weighted by atomic mass is 32.2. The first kappa shape index (κ1) is 31.8.